The maximum absolute atomic E-state index is 11.3. The third kappa shape index (κ3) is 2.69. The number of hydrogen-bond donors (Lipinski definition) is 0. The molecule has 1 atom stereocenters. The van der Waals surface area contributed by atoms with Gasteiger partial charge in [-0.15, -0.1) is 0 Å². The van der Waals surface area contributed by atoms with E-state index >= 15 is 0 Å². The van der Waals surface area contributed by atoms with Gasteiger partial charge in [0.2, 0.25) is 0 Å². The van der Waals surface area contributed by atoms with Crippen LogP contribution in [0.1, 0.15) is 19.8 Å². The molecule has 0 N–H and O–H groups in total. The molecule has 0 aromatic rings. The molecule has 1 aliphatic heterocycles. The number of nitrogens with zero attached hydrogens (tertiary/aromatic N) is 1. The van der Waals surface area contributed by atoms with Crippen molar-refractivity contribution in [3.05, 3.63) is 0 Å². The molecule has 0 aliphatic carbocycles. The predicted octanol–water partition coefficient (Wildman–Crippen LogP) is 0.741. The third-order valence-electron chi connectivity index (χ3n) is 2.67. The molecule has 0 saturated carbocycles. The Kier molecular flexibility index (Phi) is 3.51. The number of ether oxygens (including phenoxy) is 1. The van der Waals surface area contributed by atoms with E-state index in [-0.39, 0.29) is 11.5 Å². The highest BCUT2D eigenvalue weighted by Gasteiger charge is 2.35. The topological polar surface area (TPSA) is 67.2 Å². The van der Waals surface area contributed by atoms with Gasteiger partial charge in [-0.05, 0) is 12.8 Å². The second-order valence-corrected chi connectivity index (χ2v) is 6.15. The van der Waals surface area contributed by atoms with E-state index in [0.717, 1.165) is 0 Å². The summed E-state index contributed by atoms with van der Waals surface area (Å²) in [6, 6.07) is 2.18. The van der Waals surface area contributed by atoms with Crippen LogP contribution in [0, 0.1) is 16.7 Å². The van der Waals surface area contributed by atoms with Gasteiger partial charge in [-0.3, -0.25) is 0 Å². The van der Waals surface area contributed by atoms with Crippen molar-refractivity contribution in [2.24, 2.45) is 5.41 Å². The minimum Gasteiger partial charge on any atom is -0.380 e. The van der Waals surface area contributed by atoms with Crippen molar-refractivity contribution in [2.45, 2.75) is 19.8 Å². The van der Waals surface area contributed by atoms with Crippen LogP contribution in [0.25, 0.3) is 0 Å². The Balaban J connectivity index is 2.56. The maximum atomic E-state index is 11.3. The van der Waals surface area contributed by atoms with Crippen molar-refractivity contribution in [3.63, 3.8) is 0 Å². The highest BCUT2D eigenvalue weighted by molar-refractivity contribution is 7.91. The molecule has 0 aromatic carbocycles. The van der Waals surface area contributed by atoms with E-state index in [1.165, 1.54) is 0 Å². The lowest BCUT2D eigenvalue weighted by atomic mass is 9.86. The summed E-state index contributed by atoms with van der Waals surface area (Å²) in [7, 11) is -2.96. The van der Waals surface area contributed by atoms with Crippen LogP contribution in [0.2, 0.25) is 0 Å². The molecule has 1 aliphatic rings. The van der Waals surface area contributed by atoms with E-state index in [1.54, 1.807) is 6.92 Å². The van der Waals surface area contributed by atoms with Crippen LogP contribution >= 0.6 is 0 Å². The van der Waals surface area contributed by atoms with Crippen LogP contribution in [-0.4, -0.2) is 33.1 Å². The fourth-order valence-electron chi connectivity index (χ4n) is 1.44. The molecular formula is C9H15NO3S. The quantitative estimate of drug-likeness (QED) is 0.696. The lowest BCUT2D eigenvalue weighted by Gasteiger charge is -2.17. The third-order valence-corrected chi connectivity index (χ3v) is 4.38. The normalized spacial score (nSPS) is 27.4. The molecule has 0 bridgehead atoms. The van der Waals surface area contributed by atoms with Gasteiger partial charge in [0, 0.05) is 12.4 Å². The molecule has 0 aromatic heterocycles. The fraction of sp³-hybridized carbons (Fsp3) is 0.889. The van der Waals surface area contributed by atoms with Crippen molar-refractivity contribution in [1.82, 2.24) is 0 Å². The minimum atomic E-state index is -2.96. The summed E-state index contributed by atoms with van der Waals surface area (Å²) < 4.78 is 27.7. The van der Waals surface area contributed by atoms with E-state index in [1.807, 2.05) is 0 Å². The molecule has 1 rings (SSSR count). The van der Waals surface area contributed by atoms with Gasteiger partial charge in [-0.1, -0.05) is 6.92 Å². The maximum Gasteiger partial charge on any atom is 0.150 e. The molecule has 1 unspecified atom stereocenters. The Morgan fingerprint density at radius 2 is 2.29 bits per heavy atom. The van der Waals surface area contributed by atoms with E-state index < -0.39 is 15.3 Å². The summed E-state index contributed by atoms with van der Waals surface area (Å²) >= 11 is 0. The van der Waals surface area contributed by atoms with Crippen molar-refractivity contribution < 1.29 is 13.2 Å². The van der Waals surface area contributed by atoms with Gasteiger partial charge >= 0.3 is 0 Å². The van der Waals surface area contributed by atoms with Crippen LogP contribution in [0.3, 0.4) is 0 Å². The second kappa shape index (κ2) is 4.28. The van der Waals surface area contributed by atoms with E-state index in [0.29, 0.717) is 26.1 Å². The molecule has 1 saturated heterocycles. The molecule has 80 valence electrons. The lowest BCUT2D eigenvalue weighted by molar-refractivity contribution is 0.170. The average molecular weight is 217 g/mol. The highest BCUT2D eigenvalue weighted by Crippen LogP contribution is 2.31. The Labute approximate surface area is 84.8 Å². The number of nitriles is 1. The van der Waals surface area contributed by atoms with Crippen LogP contribution < -0.4 is 0 Å². The zero-order chi connectivity index (χ0) is 10.7. The van der Waals surface area contributed by atoms with E-state index in [9.17, 15) is 8.42 Å². The fourth-order valence-corrected chi connectivity index (χ4v) is 2.43. The summed E-state index contributed by atoms with van der Waals surface area (Å²) in [6.45, 7) is 2.57. The smallest absolute Gasteiger partial charge is 0.150 e. The Morgan fingerprint density at radius 1 is 1.57 bits per heavy atom. The second-order valence-electron chi connectivity index (χ2n) is 3.68. The summed E-state index contributed by atoms with van der Waals surface area (Å²) in [5.74, 6) is 0.246. The van der Waals surface area contributed by atoms with Crippen LogP contribution in [0.15, 0.2) is 0 Å². The first kappa shape index (κ1) is 11.5. The zero-order valence-corrected chi connectivity index (χ0v) is 9.14. The summed E-state index contributed by atoms with van der Waals surface area (Å²) in [6.07, 6.45) is 1.06. The van der Waals surface area contributed by atoms with Crippen LogP contribution in [-0.2, 0) is 14.6 Å². The van der Waals surface area contributed by atoms with Gasteiger partial charge in [0.05, 0.1) is 23.8 Å². The summed E-state index contributed by atoms with van der Waals surface area (Å²) in [5.41, 5.74) is -0.553. The highest BCUT2D eigenvalue weighted by atomic mass is 32.2. The van der Waals surface area contributed by atoms with Crippen molar-refractivity contribution in [3.8, 4) is 6.07 Å². The summed E-state index contributed by atoms with van der Waals surface area (Å²) in [5, 5.41) is 8.96. The minimum absolute atomic E-state index is 0.0976. The largest absolute Gasteiger partial charge is 0.380 e. The molecule has 1 heterocycles. The molecule has 0 amide bonds. The van der Waals surface area contributed by atoms with Gasteiger partial charge in [-0.2, -0.15) is 5.26 Å². The van der Waals surface area contributed by atoms with Gasteiger partial charge in [-0.25, -0.2) is 8.42 Å². The zero-order valence-electron chi connectivity index (χ0n) is 8.32. The van der Waals surface area contributed by atoms with E-state index in [4.69, 9.17) is 10.00 Å². The van der Waals surface area contributed by atoms with Crippen LogP contribution in [0.4, 0.5) is 0 Å². The van der Waals surface area contributed by atoms with Gasteiger partial charge in [0.1, 0.15) is 9.84 Å². The Morgan fingerprint density at radius 3 is 2.71 bits per heavy atom. The number of rotatable bonds is 4. The molecule has 1 fully saturated rings. The van der Waals surface area contributed by atoms with Gasteiger partial charge in [0.15, 0.2) is 0 Å². The lowest BCUT2D eigenvalue weighted by Crippen LogP contribution is -2.23. The first-order chi connectivity index (χ1) is 6.54. The van der Waals surface area contributed by atoms with Crippen molar-refractivity contribution in [2.75, 3.05) is 24.7 Å². The SMILES string of the molecule is CCS(=O)(=O)CCC1(C#N)CCOC1. The van der Waals surface area contributed by atoms with E-state index in [2.05, 4.69) is 6.07 Å². The molecule has 14 heavy (non-hydrogen) atoms. The molecule has 5 heteroatoms. The summed E-state index contributed by atoms with van der Waals surface area (Å²) in [4.78, 5) is 0. The predicted molar refractivity (Wildman–Crippen MR) is 52.4 cm³/mol. The van der Waals surface area contributed by atoms with Gasteiger partial charge < -0.3 is 4.74 Å². The molecule has 0 spiro atoms. The average Bonchev–Trinajstić information content (AvgIpc) is 2.65. The molecule has 0 radical (unpaired) electrons. The Bertz CT molecular complexity index is 322. The number of hydrogen-bond acceptors (Lipinski definition) is 4. The first-order valence-corrected chi connectivity index (χ1v) is 6.55. The van der Waals surface area contributed by atoms with Crippen molar-refractivity contribution >= 4 is 9.84 Å². The molecule has 4 nitrogen and oxygen atoms in total. The monoisotopic (exact) mass is 217 g/mol. The van der Waals surface area contributed by atoms with Crippen LogP contribution in [0.5, 0.6) is 0 Å². The van der Waals surface area contributed by atoms with Gasteiger partial charge in [0.25, 0.3) is 0 Å². The first-order valence-electron chi connectivity index (χ1n) is 4.73. The Hall–Kier alpha value is -0.600. The van der Waals surface area contributed by atoms with Crippen molar-refractivity contribution in [1.29, 1.82) is 5.26 Å². The number of sulfone groups is 1. The molecular weight excluding hydrogens is 202 g/mol. The standard InChI is InChI=1S/C9H15NO3S/c1-2-14(11,12)6-4-9(7-10)3-5-13-8-9/h2-6,8H2,1H3.